The molecule has 12 nitrogen and oxygen atoms in total. The first-order chi connectivity index (χ1) is 23.4. The molecular formula is C36H48N6O6S. The Labute approximate surface area is 289 Å². The normalized spacial score (nSPS) is 16.3. The average molecular weight is 693 g/mol. The van der Waals surface area contributed by atoms with Crippen LogP contribution in [0, 0.1) is 11.8 Å². The van der Waals surface area contributed by atoms with Gasteiger partial charge in [0.15, 0.2) is 0 Å². The number of nitrogens with one attached hydrogen (secondary N) is 1. The van der Waals surface area contributed by atoms with Crippen LogP contribution >= 0.6 is 0 Å². The van der Waals surface area contributed by atoms with Gasteiger partial charge < -0.3 is 25.4 Å². The number of carbonyl (C=O) groups excluding carboxylic acids is 2. The van der Waals surface area contributed by atoms with E-state index >= 15 is 0 Å². The smallest absolute Gasteiger partial charge is 0.321 e. The highest BCUT2D eigenvalue weighted by Crippen LogP contribution is 2.24. The molecule has 3 amide bonds. The SMILES string of the molecule is CC[C@H](C)[C@@H](C(=O)N[C@@H](Cc1ccccc1)[C@H](O)CN(CC(C)C)S(=O)(=O)c1ccc(C=NO)cc1)N1CCN(Cc2ccccn2)C1=O. The second-order valence-corrected chi connectivity index (χ2v) is 14.9. The summed E-state index contributed by atoms with van der Waals surface area (Å²) in [5.41, 5.74) is 2.13. The number of amides is 3. The molecule has 1 aliphatic heterocycles. The van der Waals surface area contributed by atoms with Crippen LogP contribution < -0.4 is 5.32 Å². The van der Waals surface area contributed by atoms with Crippen LogP contribution in [-0.2, 0) is 27.8 Å². The summed E-state index contributed by atoms with van der Waals surface area (Å²) in [6.07, 6.45) is 2.47. The Balaban J connectivity index is 1.59. The first kappa shape index (κ1) is 37.5. The van der Waals surface area contributed by atoms with Crippen molar-refractivity contribution >= 4 is 28.2 Å². The Morgan fingerprint density at radius 1 is 1.02 bits per heavy atom. The van der Waals surface area contributed by atoms with Crippen LogP contribution in [0.15, 0.2) is 89.0 Å². The quantitative estimate of drug-likeness (QED) is 0.110. The van der Waals surface area contributed by atoms with Crippen LogP contribution in [0.5, 0.6) is 0 Å². The van der Waals surface area contributed by atoms with Crippen molar-refractivity contribution in [3.63, 3.8) is 0 Å². The van der Waals surface area contributed by atoms with Gasteiger partial charge in [0.2, 0.25) is 15.9 Å². The van der Waals surface area contributed by atoms with Crippen molar-refractivity contribution in [3.8, 4) is 0 Å². The maximum atomic E-state index is 14.2. The predicted octanol–water partition coefficient (Wildman–Crippen LogP) is 3.98. The van der Waals surface area contributed by atoms with E-state index in [1.54, 1.807) is 16.0 Å². The molecule has 0 bridgehead atoms. The molecule has 1 aromatic heterocycles. The largest absolute Gasteiger partial charge is 0.411 e. The molecule has 0 radical (unpaired) electrons. The maximum Gasteiger partial charge on any atom is 0.321 e. The van der Waals surface area contributed by atoms with Gasteiger partial charge in [-0.05, 0) is 53.6 Å². The van der Waals surface area contributed by atoms with Gasteiger partial charge in [0.25, 0.3) is 0 Å². The summed E-state index contributed by atoms with van der Waals surface area (Å²) >= 11 is 0. The number of hydrogen-bond donors (Lipinski definition) is 3. The van der Waals surface area contributed by atoms with Gasteiger partial charge >= 0.3 is 6.03 Å². The second kappa shape index (κ2) is 17.4. The number of sulfonamides is 1. The number of benzene rings is 2. The van der Waals surface area contributed by atoms with E-state index in [1.165, 1.54) is 34.8 Å². The van der Waals surface area contributed by atoms with Crippen molar-refractivity contribution in [2.45, 2.75) is 70.2 Å². The summed E-state index contributed by atoms with van der Waals surface area (Å²) in [5.74, 6) is -0.651. The van der Waals surface area contributed by atoms with Crippen molar-refractivity contribution in [1.82, 2.24) is 24.4 Å². The van der Waals surface area contributed by atoms with Crippen LogP contribution in [0.2, 0.25) is 0 Å². The Morgan fingerprint density at radius 2 is 1.71 bits per heavy atom. The van der Waals surface area contributed by atoms with Gasteiger partial charge in [-0.3, -0.25) is 9.78 Å². The molecule has 1 fully saturated rings. The number of pyridine rings is 1. The molecule has 0 aliphatic carbocycles. The minimum absolute atomic E-state index is 0.0266. The van der Waals surface area contributed by atoms with Gasteiger partial charge in [-0.2, -0.15) is 4.31 Å². The van der Waals surface area contributed by atoms with E-state index < -0.39 is 34.1 Å². The number of urea groups is 1. The van der Waals surface area contributed by atoms with E-state index in [-0.39, 0.29) is 42.3 Å². The zero-order valence-electron chi connectivity index (χ0n) is 28.6. The van der Waals surface area contributed by atoms with E-state index in [0.717, 1.165) is 11.3 Å². The number of oxime groups is 1. The van der Waals surface area contributed by atoms with E-state index in [2.05, 4.69) is 15.5 Å². The summed E-state index contributed by atoms with van der Waals surface area (Å²) < 4.78 is 29.0. The molecule has 1 aliphatic rings. The number of nitrogens with zero attached hydrogens (tertiary/aromatic N) is 5. The number of hydrogen-bond acceptors (Lipinski definition) is 8. The van der Waals surface area contributed by atoms with Gasteiger partial charge in [-0.1, -0.05) is 87.8 Å². The van der Waals surface area contributed by atoms with E-state index in [0.29, 0.717) is 31.6 Å². The summed E-state index contributed by atoms with van der Waals surface area (Å²) in [6, 6.07) is 18.9. The second-order valence-electron chi connectivity index (χ2n) is 13.0. The van der Waals surface area contributed by atoms with Gasteiger partial charge in [0.05, 0.1) is 35.5 Å². The fourth-order valence-corrected chi connectivity index (χ4v) is 7.62. The molecule has 0 saturated carbocycles. The highest BCUT2D eigenvalue weighted by Gasteiger charge is 2.41. The van der Waals surface area contributed by atoms with Crippen molar-refractivity contribution in [1.29, 1.82) is 0 Å². The lowest BCUT2D eigenvalue weighted by Crippen LogP contribution is -2.57. The van der Waals surface area contributed by atoms with Crippen LogP contribution in [0.1, 0.15) is 50.9 Å². The monoisotopic (exact) mass is 692 g/mol. The highest BCUT2D eigenvalue weighted by molar-refractivity contribution is 7.89. The Kier molecular flexibility index (Phi) is 13.3. The van der Waals surface area contributed by atoms with Crippen molar-refractivity contribution < 1.29 is 28.3 Å². The summed E-state index contributed by atoms with van der Waals surface area (Å²) in [4.78, 5) is 35.5. The van der Waals surface area contributed by atoms with Crippen LogP contribution in [-0.4, -0.2) is 100 Å². The zero-order valence-corrected chi connectivity index (χ0v) is 29.4. The predicted molar refractivity (Wildman–Crippen MR) is 187 cm³/mol. The molecule has 4 atom stereocenters. The lowest BCUT2D eigenvalue weighted by atomic mass is 9.95. The summed E-state index contributed by atoms with van der Waals surface area (Å²) in [5, 5.41) is 26.6. The van der Waals surface area contributed by atoms with Gasteiger partial charge in [0, 0.05) is 32.4 Å². The number of carbonyl (C=O) groups is 2. The Morgan fingerprint density at radius 3 is 2.33 bits per heavy atom. The molecule has 4 rings (SSSR count). The van der Waals surface area contributed by atoms with Crippen molar-refractivity contribution in [3.05, 3.63) is 95.8 Å². The fourth-order valence-electron chi connectivity index (χ4n) is 6.00. The average Bonchev–Trinajstić information content (AvgIpc) is 3.43. The Bertz CT molecular complexity index is 1640. The molecule has 2 heterocycles. The first-order valence-corrected chi connectivity index (χ1v) is 18.1. The summed E-state index contributed by atoms with van der Waals surface area (Å²) in [6.45, 7) is 8.67. The standard InChI is InChI=1S/C36H48N6O6S/c1-5-27(4)34(42-20-19-40(36(42)45)24-30-13-9-10-18-37-30)35(44)39-32(21-28-11-7-6-8-12-28)33(43)25-41(23-26(2)3)49(47,48)31-16-14-29(15-17-31)22-38-46/h6-18,22,26-27,32-34,43,46H,5,19-21,23-25H2,1-4H3,(H,39,44)/t27-,32-,33+,34-/m0/s1. The number of aliphatic hydroxyl groups excluding tert-OH is 1. The fraction of sp³-hybridized carbons (Fsp3) is 0.444. The third-order valence-corrected chi connectivity index (χ3v) is 10.6. The van der Waals surface area contributed by atoms with Crippen LogP contribution in [0.4, 0.5) is 4.79 Å². The maximum absolute atomic E-state index is 14.2. The molecule has 264 valence electrons. The molecule has 49 heavy (non-hydrogen) atoms. The van der Waals surface area contributed by atoms with E-state index in [1.807, 2.05) is 76.2 Å². The molecule has 0 spiro atoms. The summed E-state index contributed by atoms with van der Waals surface area (Å²) in [7, 11) is -4.05. The number of rotatable bonds is 17. The third-order valence-electron chi connectivity index (χ3n) is 8.77. The van der Waals surface area contributed by atoms with Crippen LogP contribution in [0.3, 0.4) is 0 Å². The lowest BCUT2D eigenvalue weighted by Gasteiger charge is -2.35. The van der Waals surface area contributed by atoms with E-state index in [9.17, 15) is 23.1 Å². The van der Waals surface area contributed by atoms with Gasteiger partial charge in [-0.25, -0.2) is 13.2 Å². The number of aromatic nitrogens is 1. The minimum atomic E-state index is -4.05. The third kappa shape index (κ3) is 9.87. The lowest BCUT2D eigenvalue weighted by molar-refractivity contribution is -0.128. The topological polar surface area (TPSA) is 156 Å². The Hall–Kier alpha value is -4.33. The molecule has 0 unspecified atom stereocenters. The molecular weight excluding hydrogens is 644 g/mol. The zero-order chi connectivity index (χ0) is 35.6. The van der Waals surface area contributed by atoms with Crippen molar-refractivity contribution in [2.75, 3.05) is 26.2 Å². The van der Waals surface area contributed by atoms with Crippen molar-refractivity contribution in [2.24, 2.45) is 17.0 Å². The first-order valence-electron chi connectivity index (χ1n) is 16.7. The van der Waals surface area contributed by atoms with Gasteiger partial charge in [-0.15, -0.1) is 0 Å². The molecule has 1 saturated heterocycles. The minimum Gasteiger partial charge on any atom is -0.411 e. The number of aliphatic hydroxyl groups is 1. The molecule has 2 aromatic carbocycles. The molecule has 13 heteroatoms. The van der Waals surface area contributed by atoms with E-state index in [4.69, 9.17) is 5.21 Å². The highest BCUT2D eigenvalue weighted by atomic mass is 32.2. The molecule has 3 aromatic rings. The van der Waals surface area contributed by atoms with Gasteiger partial charge in [0.1, 0.15) is 6.04 Å². The molecule has 3 N–H and O–H groups in total. The van der Waals surface area contributed by atoms with Crippen LogP contribution in [0.25, 0.3) is 0 Å².